The first-order valence-corrected chi connectivity index (χ1v) is 7.55. The second-order valence-corrected chi connectivity index (χ2v) is 5.98. The minimum atomic E-state index is -0.0425. The fourth-order valence-corrected chi connectivity index (χ4v) is 3.65. The zero-order chi connectivity index (χ0) is 13.1. The number of H-pyrrole nitrogens is 1. The van der Waals surface area contributed by atoms with E-state index in [4.69, 9.17) is 0 Å². The largest absolute Gasteiger partial charge is 0.344 e. The van der Waals surface area contributed by atoms with Crippen LogP contribution in [0.3, 0.4) is 0 Å². The number of aromatic amines is 1. The molecule has 2 aromatic rings. The van der Waals surface area contributed by atoms with E-state index in [1.165, 1.54) is 30.6 Å². The lowest BCUT2D eigenvalue weighted by molar-refractivity contribution is 0.0923. The van der Waals surface area contributed by atoms with Crippen molar-refractivity contribution in [2.45, 2.75) is 31.7 Å². The summed E-state index contributed by atoms with van der Waals surface area (Å²) in [6, 6.07) is 4.31. The van der Waals surface area contributed by atoms with Crippen LogP contribution in [0, 0.1) is 5.92 Å². The van der Waals surface area contributed by atoms with Gasteiger partial charge in [-0.15, -0.1) is 11.3 Å². The summed E-state index contributed by atoms with van der Waals surface area (Å²) in [5.41, 5.74) is 0.597. The van der Waals surface area contributed by atoms with Crippen molar-refractivity contribution in [3.63, 3.8) is 0 Å². The highest BCUT2D eigenvalue weighted by Gasteiger charge is 2.28. The molecule has 1 fully saturated rings. The zero-order valence-electron chi connectivity index (χ0n) is 10.6. The molecule has 1 amide bonds. The van der Waals surface area contributed by atoms with Crippen LogP contribution in [-0.2, 0) is 0 Å². The molecule has 5 heteroatoms. The normalized spacial score (nSPS) is 17.5. The Morgan fingerprint density at radius 3 is 2.95 bits per heavy atom. The minimum absolute atomic E-state index is 0.0425. The van der Waals surface area contributed by atoms with E-state index in [0.29, 0.717) is 11.5 Å². The first-order chi connectivity index (χ1) is 9.34. The highest BCUT2D eigenvalue weighted by atomic mass is 32.1. The number of hydrogen-bond donors (Lipinski definition) is 2. The average Bonchev–Trinajstić information content (AvgIpc) is 3.17. The van der Waals surface area contributed by atoms with Gasteiger partial charge in [-0.25, -0.2) is 0 Å². The Balaban J connectivity index is 1.77. The molecular formula is C14H17N3OS. The van der Waals surface area contributed by atoms with Crippen molar-refractivity contribution < 1.29 is 4.79 Å². The van der Waals surface area contributed by atoms with Crippen molar-refractivity contribution in [2.24, 2.45) is 5.92 Å². The summed E-state index contributed by atoms with van der Waals surface area (Å²) in [5.74, 6) is 0.522. The fourth-order valence-electron chi connectivity index (χ4n) is 2.78. The number of hydrogen-bond acceptors (Lipinski definition) is 3. The number of rotatable bonds is 4. The van der Waals surface area contributed by atoms with Gasteiger partial charge in [0.1, 0.15) is 0 Å². The lowest BCUT2D eigenvalue weighted by Crippen LogP contribution is -2.32. The van der Waals surface area contributed by atoms with Crippen molar-refractivity contribution in [3.05, 3.63) is 40.3 Å². The Morgan fingerprint density at radius 1 is 1.47 bits per heavy atom. The van der Waals surface area contributed by atoms with Crippen LogP contribution >= 0.6 is 11.3 Å². The molecule has 1 unspecified atom stereocenters. The first-order valence-electron chi connectivity index (χ1n) is 6.67. The monoisotopic (exact) mass is 275 g/mol. The van der Waals surface area contributed by atoms with E-state index in [1.807, 2.05) is 6.07 Å². The van der Waals surface area contributed by atoms with E-state index in [-0.39, 0.29) is 11.9 Å². The van der Waals surface area contributed by atoms with Crippen LogP contribution in [0.1, 0.15) is 47.0 Å². The molecule has 1 aliphatic rings. The molecule has 1 aliphatic carbocycles. The Hall–Kier alpha value is -1.62. The molecule has 2 N–H and O–H groups in total. The van der Waals surface area contributed by atoms with E-state index < -0.39 is 0 Å². The quantitative estimate of drug-likeness (QED) is 0.900. The van der Waals surface area contributed by atoms with Crippen LogP contribution in [0.5, 0.6) is 0 Å². The van der Waals surface area contributed by atoms with Gasteiger partial charge in [-0.1, -0.05) is 18.9 Å². The van der Waals surface area contributed by atoms with Crippen molar-refractivity contribution in [2.75, 3.05) is 0 Å². The Bertz CT molecular complexity index is 515. The number of carbonyl (C=O) groups is 1. The Kier molecular flexibility index (Phi) is 3.64. The van der Waals surface area contributed by atoms with Gasteiger partial charge in [0, 0.05) is 11.1 Å². The summed E-state index contributed by atoms with van der Waals surface area (Å²) < 4.78 is 0. The third kappa shape index (κ3) is 2.71. The number of aromatic nitrogens is 2. The number of nitrogens with zero attached hydrogens (tertiary/aromatic N) is 1. The molecule has 0 bridgehead atoms. The van der Waals surface area contributed by atoms with Gasteiger partial charge < -0.3 is 5.32 Å². The molecule has 1 atom stereocenters. The second-order valence-electron chi connectivity index (χ2n) is 5.00. The van der Waals surface area contributed by atoms with Crippen LogP contribution in [-0.4, -0.2) is 16.1 Å². The molecule has 2 heterocycles. The molecule has 100 valence electrons. The van der Waals surface area contributed by atoms with Gasteiger partial charge in [0.25, 0.3) is 5.91 Å². The lowest BCUT2D eigenvalue weighted by atomic mass is 9.96. The SMILES string of the molecule is O=C(NC(c1cccs1)C1CCCC1)c1cn[nH]c1. The molecule has 0 aliphatic heterocycles. The predicted molar refractivity (Wildman–Crippen MR) is 75.1 cm³/mol. The van der Waals surface area contributed by atoms with Gasteiger partial charge in [0.05, 0.1) is 17.8 Å². The van der Waals surface area contributed by atoms with Gasteiger partial charge in [0.2, 0.25) is 0 Å². The molecule has 3 rings (SSSR count). The maximum Gasteiger partial charge on any atom is 0.254 e. The van der Waals surface area contributed by atoms with Crippen LogP contribution in [0.4, 0.5) is 0 Å². The summed E-state index contributed by atoms with van der Waals surface area (Å²) in [4.78, 5) is 13.5. The minimum Gasteiger partial charge on any atom is -0.344 e. The van der Waals surface area contributed by atoms with Gasteiger partial charge in [-0.05, 0) is 30.2 Å². The van der Waals surface area contributed by atoms with Crippen LogP contribution in [0.2, 0.25) is 0 Å². The smallest absolute Gasteiger partial charge is 0.254 e. The van der Waals surface area contributed by atoms with E-state index in [9.17, 15) is 4.79 Å². The standard InChI is InChI=1S/C14H17N3OS/c18-14(11-8-15-16-9-11)17-13(10-4-1-2-5-10)12-6-3-7-19-12/h3,6-10,13H,1-2,4-5H2,(H,15,16)(H,17,18). The molecule has 19 heavy (non-hydrogen) atoms. The summed E-state index contributed by atoms with van der Waals surface area (Å²) in [6.07, 6.45) is 8.15. The van der Waals surface area contributed by atoms with Crippen molar-refractivity contribution in [3.8, 4) is 0 Å². The predicted octanol–water partition coefficient (Wildman–Crippen LogP) is 3.13. The van der Waals surface area contributed by atoms with Crippen LogP contribution in [0.15, 0.2) is 29.9 Å². The Morgan fingerprint density at radius 2 is 2.32 bits per heavy atom. The fraction of sp³-hybridized carbons (Fsp3) is 0.429. The molecule has 4 nitrogen and oxygen atoms in total. The van der Waals surface area contributed by atoms with Crippen molar-refractivity contribution >= 4 is 17.2 Å². The third-order valence-electron chi connectivity index (χ3n) is 3.77. The average molecular weight is 275 g/mol. The van der Waals surface area contributed by atoms with E-state index >= 15 is 0 Å². The van der Waals surface area contributed by atoms with Crippen molar-refractivity contribution in [1.82, 2.24) is 15.5 Å². The van der Waals surface area contributed by atoms with Gasteiger partial charge in [-0.2, -0.15) is 5.10 Å². The maximum atomic E-state index is 12.2. The van der Waals surface area contributed by atoms with E-state index in [0.717, 1.165) is 0 Å². The summed E-state index contributed by atoms with van der Waals surface area (Å²) in [5, 5.41) is 11.8. The Labute approximate surface area is 116 Å². The number of carbonyl (C=O) groups excluding carboxylic acids is 1. The molecule has 0 spiro atoms. The highest BCUT2D eigenvalue weighted by Crippen LogP contribution is 2.37. The summed E-state index contributed by atoms with van der Waals surface area (Å²) in [7, 11) is 0. The lowest BCUT2D eigenvalue weighted by Gasteiger charge is -2.23. The van der Waals surface area contributed by atoms with Crippen LogP contribution in [0.25, 0.3) is 0 Å². The summed E-state index contributed by atoms with van der Waals surface area (Å²) in [6.45, 7) is 0. The second kappa shape index (κ2) is 5.57. The number of thiophene rings is 1. The first kappa shape index (κ1) is 12.4. The third-order valence-corrected chi connectivity index (χ3v) is 4.72. The molecule has 2 aromatic heterocycles. The number of nitrogens with one attached hydrogen (secondary N) is 2. The zero-order valence-corrected chi connectivity index (χ0v) is 11.5. The topological polar surface area (TPSA) is 57.8 Å². The number of amides is 1. The molecule has 1 saturated carbocycles. The van der Waals surface area contributed by atoms with E-state index in [2.05, 4.69) is 27.0 Å². The molecule has 0 saturated heterocycles. The molecule has 0 aromatic carbocycles. The van der Waals surface area contributed by atoms with Crippen molar-refractivity contribution in [1.29, 1.82) is 0 Å². The molecule has 0 radical (unpaired) electrons. The van der Waals surface area contributed by atoms with E-state index in [1.54, 1.807) is 23.7 Å². The maximum absolute atomic E-state index is 12.2. The van der Waals surface area contributed by atoms with Gasteiger partial charge in [-0.3, -0.25) is 9.89 Å². The highest BCUT2D eigenvalue weighted by molar-refractivity contribution is 7.10. The van der Waals surface area contributed by atoms with Crippen LogP contribution < -0.4 is 5.32 Å². The van der Waals surface area contributed by atoms with Gasteiger partial charge >= 0.3 is 0 Å². The van der Waals surface area contributed by atoms with Gasteiger partial charge in [0.15, 0.2) is 0 Å². The molecular weight excluding hydrogens is 258 g/mol. The summed E-state index contributed by atoms with van der Waals surface area (Å²) >= 11 is 1.72.